The van der Waals surface area contributed by atoms with Crippen LogP contribution >= 0.6 is 0 Å². The molecule has 2 unspecified atom stereocenters. The third kappa shape index (κ3) is 7.34. The van der Waals surface area contributed by atoms with Gasteiger partial charge in [0.2, 0.25) is 0 Å². The fraction of sp³-hybridized carbons (Fsp3) is 0.227. The molecule has 242 valence electrons. The van der Waals surface area contributed by atoms with E-state index in [0.717, 1.165) is 72.6 Å². The van der Waals surface area contributed by atoms with Crippen molar-refractivity contribution < 1.29 is 0 Å². The summed E-state index contributed by atoms with van der Waals surface area (Å²) in [5.74, 6) is 1.96. The van der Waals surface area contributed by atoms with Gasteiger partial charge in [-0.05, 0) is 107 Å². The third-order valence-corrected chi connectivity index (χ3v) is 9.43. The lowest BCUT2D eigenvalue weighted by Gasteiger charge is -2.27. The lowest BCUT2D eigenvalue weighted by molar-refractivity contribution is 0.689. The number of nitrogen functional groups attached to an aromatic ring is 1. The van der Waals surface area contributed by atoms with Crippen molar-refractivity contribution in [1.82, 2.24) is 5.32 Å². The van der Waals surface area contributed by atoms with E-state index >= 15 is 0 Å². The number of amidine groups is 2. The summed E-state index contributed by atoms with van der Waals surface area (Å²) in [6, 6.07) is 22.0. The first-order chi connectivity index (χ1) is 23.5. The molecule has 0 radical (unpaired) electrons. The lowest BCUT2D eigenvalue weighted by atomic mass is 9.86. The predicted molar refractivity (Wildman–Crippen MR) is 208 cm³/mol. The smallest absolute Gasteiger partial charge is 0.169 e. The second-order valence-electron chi connectivity index (χ2n) is 12.7. The Morgan fingerprint density at radius 2 is 1.79 bits per heavy atom. The summed E-state index contributed by atoms with van der Waals surface area (Å²) >= 11 is 0. The second-order valence-corrected chi connectivity index (χ2v) is 12.7. The Kier molecular flexibility index (Phi) is 10.3. The average Bonchev–Trinajstić information content (AvgIpc) is 3.14. The summed E-state index contributed by atoms with van der Waals surface area (Å²) in [6.07, 6.45) is 24.5. The number of allylic oxidation sites excluding steroid dienone is 6. The van der Waals surface area contributed by atoms with Gasteiger partial charge in [-0.3, -0.25) is 0 Å². The number of fused-ring (bicyclic) bond motifs is 1. The minimum absolute atomic E-state index is 0.114. The molecule has 0 spiro atoms. The maximum Gasteiger partial charge on any atom is 0.169 e. The third-order valence-electron chi connectivity index (χ3n) is 9.43. The molecule has 48 heavy (non-hydrogen) atoms. The number of aryl methyl sites for hydroxylation is 1. The van der Waals surface area contributed by atoms with Crippen molar-refractivity contribution in [2.24, 2.45) is 15.9 Å². The molecule has 2 aliphatic carbocycles. The van der Waals surface area contributed by atoms with E-state index in [9.17, 15) is 0 Å². The van der Waals surface area contributed by atoms with Gasteiger partial charge in [0.1, 0.15) is 11.7 Å². The van der Waals surface area contributed by atoms with Gasteiger partial charge in [-0.1, -0.05) is 130 Å². The molecule has 2 atom stereocenters. The van der Waals surface area contributed by atoms with Gasteiger partial charge in [-0.25, -0.2) is 9.98 Å². The summed E-state index contributed by atoms with van der Waals surface area (Å²) in [5, 5.41) is 3.63. The van der Waals surface area contributed by atoms with Crippen molar-refractivity contribution in [2.45, 2.75) is 58.5 Å². The molecule has 4 nitrogen and oxygen atoms in total. The number of nitrogens with one attached hydrogen (secondary N) is 1. The molecule has 0 fully saturated rings. The van der Waals surface area contributed by atoms with Crippen molar-refractivity contribution in [3.63, 3.8) is 0 Å². The lowest BCUT2D eigenvalue weighted by Crippen LogP contribution is -2.41. The Hall–Kier alpha value is -5.22. The zero-order chi connectivity index (χ0) is 33.5. The molecular weight excluding hydrogens is 585 g/mol. The quantitative estimate of drug-likeness (QED) is 0.164. The summed E-state index contributed by atoms with van der Waals surface area (Å²) in [6.45, 7) is 12.2. The standard InChI is InChI=1S/C44H46N4/c1-5-13-32(7-3)42-46-43(48-44(47-42)34-16-9-8-10-17-34)33(14-6-2)24-22-31-15-11-18-35(27-31)36-19-12-20-37(28-36)38-25-26-40-39(29-38)23-21-30(4)41(40)45/h5,7-9,11-13,15-16,18-24,27-29,33,42H,1,3,6,10,14,17,25-26,45H2,2,4H3,(H,46,47,48)/b24-22+,32-13+. The highest BCUT2D eigenvalue weighted by atomic mass is 15.2. The van der Waals surface area contributed by atoms with Gasteiger partial charge in [0.15, 0.2) is 6.17 Å². The van der Waals surface area contributed by atoms with Crippen LogP contribution in [0.5, 0.6) is 0 Å². The number of anilines is 1. The van der Waals surface area contributed by atoms with Crippen LogP contribution in [0.4, 0.5) is 5.69 Å². The molecule has 3 aromatic rings. The van der Waals surface area contributed by atoms with Crippen LogP contribution < -0.4 is 11.1 Å². The number of nitrogens with zero attached hydrogens (tertiary/aromatic N) is 2. The Morgan fingerprint density at radius 3 is 2.56 bits per heavy atom. The van der Waals surface area contributed by atoms with Crippen LogP contribution in [0.25, 0.3) is 28.9 Å². The molecular formula is C44H46N4. The number of hydrogen-bond acceptors (Lipinski definition) is 4. The van der Waals surface area contributed by atoms with Crippen LogP contribution in [0, 0.1) is 12.8 Å². The topological polar surface area (TPSA) is 62.8 Å². The molecule has 0 amide bonds. The largest absolute Gasteiger partial charge is 0.398 e. The average molecular weight is 631 g/mol. The molecule has 0 aromatic heterocycles. The van der Waals surface area contributed by atoms with E-state index in [1.807, 2.05) is 12.2 Å². The van der Waals surface area contributed by atoms with Crippen LogP contribution in [0.2, 0.25) is 0 Å². The molecule has 3 aromatic carbocycles. The Bertz CT molecular complexity index is 1930. The minimum Gasteiger partial charge on any atom is -0.398 e. The van der Waals surface area contributed by atoms with Gasteiger partial charge in [-0.2, -0.15) is 0 Å². The summed E-state index contributed by atoms with van der Waals surface area (Å²) in [7, 11) is 0. The van der Waals surface area contributed by atoms with E-state index in [2.05, 4.69) is 129 Å². The van der Waals surface area contributed by atoms with Crippen LogP contribution in [-0.4, -0.2) is 17.8 Å². The van der Waals surface area contributed by atoms with Crippen LogP contribution in [0.15, 0.2) is 137 Å². The zero-order valence-electron chi connectivity index (χ0n) is 28.3. The van der Waals surface area contributed by atoms with Crippen molar-refractivity contribution in [2.75, 3.05) is 5.73 Å². The highest BCUT2D eigenvalue weighted by molar-refractivity contribution is 6.11. The summed E-state index contributed by atoms with van der Waals surface area (Å²) in [5.41, 5.74) is 19.4. The van der Waals surface area contributed by atoms with E-state index < -0.39 is 0 Å². The van der Waals surface area contributed by atoms with Gasteiger partial charge in [-0.15, -0.1) is 0 Å². The molecule has 4 heteroatoms. The van der Waals surface area contributed by atoms with Crippen molar-refractivity contribution in [3.8, 4) is 11.1 Å². The number of benzene rings is 3. The van der Waals surface area contributed by atoms with Crippen LogP contribution in [0.1, 0.15) is 66.8 Å². The first-order valence-electron chi connectivity index (χ1n) is 17.2. The predicted octanol–water partition coefficient (Wildman–Crippen LogP) is 10.5. The van der Waals surface area contributed by atoms with Crippen LogP contribution in [0.3, 0.4) is 0 Å². The first kappa shape index (κ1) is 32.7. The van der Waals surface area contributed by atoms with E-state index in [1.165, 1.54) is 39.0 Å². The van der Waals surface area contributed by atoms with E-state index in [1.54, 1.807) is 6.08 Å². The summed E-state index contributed by atoms with van der Waals surface area (Å²) in [4.78, 5) is 10.1. The molecule has 1 aliphatic heterocycles. The van der Waals surface area contributed by atoms with Gasteiger partial charge in [0, 0.05) is 11.6 Å². The normalized spacial score (nSPS) is 18.2. The SMILES string of the molecule is C=C/C=C(\C=C)C1N=C(C2=CC=CCC2)NC(C(/C=C/c2cccc(-c3cccc(C4=Cc5ccc(C)c(N)c5CC4)c3)c2)CCC)=N1. The van der Waals surface area contributed by atoms with Gasteiger partial charge in [0.25, 0.3) is 0 Å². The van der Waals surface area contributed by atoms with E-state index in [4.69, 9.17) is 15.7 Å². The molecule has 6 rings (SSSR count). The second kappa shape index (κ2) is 15.1. The molecule has 1 heterocycles. The van der Waals surface area contributed by atoms with Crippen molar-refractivity contribution in [1.29, 1.82) is 0 Å². The first-order valence-corrected chi connectivity index (χ1v) is 17.2. The Morgan fingerprint density at radius 1 is 0.979 bits per heavy atom. The van der Waals surface area contributed by atoms with Crippen molar-refractivity contribution in [3.05, 3.63) is 155 Å². The maximum atomic E-state index is 6.41. The molecule has 0 saturated heterocycles. The monoisotopic (exact) mass is 630 g/mol. The fourth-order valence-corrected chi connectivity index (χ4v) is 6.71. The van der Waals surface area contributed by atoms with Gasteiger partial charge < -0.3 is 11.1 Å². The number of nitrogens with two attached hydrogens (primary N) is 1. The fourth-order valence-electron chi connectivity index (χ4n) is 6.71. The minimum atomic E-state index is -0.351. The number of hydrogen-bond donors (Lipinski definition) is 2. The Balaban J connectivity index is 1.26. The van der Waals surface area contributed by atoms with Crippen molar-refractivity contribution >= 4 is 35.1 Å². The maximum absolute atomic E-state index is 6.41. The molecule has 3 N–H and O–H groups in total. The zero-order valence-corrected chi connectivity index (χ0v) is 28.3. The highest BCUT2D eigenvalue weighted by Gasteiger charge is 2.25. The highest BCUT2D eigenvalue weighted by Crippen LogP contribution is 2.36. The number of aliphatic imine (C=N–C) groups is 2. The number of rotatable bonds is 11. The molecule has 0 saturated carbocycles. The van der Waals surface area contributed by atoms with E-state index in [-0.39, 0.29) is 12.1 Å². The van der Waals surface area contributed by atoms with Gasteiger partial charge in [0.05, 0.1) is 0 Å². The molecule has 0 bridgehead atoms. The van der Waals surface area contributed by atoms with Gasteiger partial charge >= 0.3 is 0 Å². The van der Waals surface area contributed by atoms with E-state index in [0.29, 0.717) is 0 Å². The Labute approximate surface area is 286 Å². The molecule has 3 aliphatic rings. The summed E-state index contributed by atoms with van der Waals surface area (Å²) < 4.78 is 0. The van der Waals surface area contributed by atoms with Crippen LogP contribution in [-0.2, 0) is 6.42 Å².